The topological polar surface area (TPSA) is 78.9 Å². The van der Waals surface area contributed by atoms with Crippen molar-refractivity contribution in [1.82, 2.24) is 0 Å². The molecule has 0 N–H and O–H groups in total. The normalized spacial score (nSPS) is 12.3. The average molecular weight is 996 g/mol. The first-order valence-corrected chi connectivity index (χ1v) is 31.1. The van der Waals surface area contributed by atoms with E-state index in [1.54, 1.807) is 0 Å². The van der Waals surface area contributed by atoms with Crippen molar-refractivity contribution >= 4 is 17.9 Å². The molecule has 1 atom stereocenters. The summed E-state index contributed by atoms with van der Waals surface area (Å²) in [4.78, 5) is 38.2. The molecule has 0 amide bonds. The molecule has 0 rings (SSSR count). The molecule has 0 aromatic carbocycles. The number of unbranched alkanes of at least 4 members (excludes halogenated alkanes) is 38. The molecule has 6 nitrogen and oxygen atoms in total. The van der Waals surface area contributed by atoms with E-state index in [-0.39, 0.29) is 37.5 Å². The molecular weight excluding hydrogens is 877 g/mol. The second-order valence-corrected chi connectivity index (χ2v) is 21.0. The summed E-state index contributed by atoms with van der Waals surface area (Å²) in [6.07, 6.45) is 74.0. The minimum absolute atomic E-state index is 0.0900. The van der Waals surface area contributed by atoms with E-state index in [1.807, 2.05) is 0 Å². The number of carbonyl (C=O) groups excluding carboxylic acids is 3. The molecule has 0 spiro atoms. The van der Waals surface area contributed by atoms with Crippen LogP contribution in [-0.2, 0) is 28.6 Å². The van der Waals surface area contributed by atoms with E-state index >= 15 is 0 Å². The first-order chi connectivity index (χ1) is 35.0. The average Bonchev–Trinajstić information content (AvgIpc) is 3.37. The summed E-state index contributed by atoms with van der Waals surface area (Å²) in [7, 11) is 0. The van der Waals surface area contributed by atoms with Gasteiger partial charge in [-0.3, -0.25) is 14.4 Å². The summed E-state index contributed by atoms with van der Waals surface area (Å²) in [6.45, 7) is 6.64. The second-order valence-electron chi connectivity index (χ2n) is 21.0. The maximum absolute atomic E-state index is 12.9. The van der Waals surface area contributed by atoms with Gasteiger partial charge in [0.1, 0.15) is 13.2 Å². The largest absolute Gasteiger partial charge is 0.462 e. The smallest absolute Gasteiger partial charge is 0.306 e. The monoisotopic (exact) mass is 995 g/mol. The molecule has 6 heteroatoms. The minimum Gasteiger partial charge on any atom is -0.462 e. The Hall–Kier alpha value is -2.63. The van der Waals surface area contributed by atoms with Gasteiger partial charge in [-0.2, -0.15) is 0 Å². The van der Waals surface area contributed by atoms with Crippen LogP contribution in [0.25, 0.3) is 0 Å². The van der Waals surface area contributed by atoms with Crippen LogP contribution in [0.15, 0.2) is 48.6 Å². The SMILES string of the molecule is CCCCCCCC/C=C\C/C=C\C/C=C\CCCC(=O)O[C@H](COC(=O)CCCCCCCCCCC/C=C\CCCCCCCC)COC(=O)CCCCCCCCCCCCCCCCCCC. The molecule has 414 valence electrons. The van der Waals surface area contributed by atoms with Gasteiger partial charge in [-0.15, -0.1) is 0 Å². The molecule has 0 aliphatic rings. The lowest BCUT2D eigenvalue weighted by Gasteiger charge is -2.18. The number of rotatable bonds is 57. The highest BCUT2D eigenvalue weighted by atomic mass is 16.6. The zero-order valence-corrected chi connectivity index (χ0v) is 47.5. The summed E-state index contributed by atoms with van der Waals surface area (Å²) in [6, 6.07) is 0. The van der Waals surface area contributed by atoms with Crippen LogP contribution in [0.5, 0.6) is 0 Å². The van der Waals surface area contributed by atoms with Gasteiger partial charge < -0.3 is 14.2 Å². The second kappa shape index (κ2) is 59.9. The quantitative estimate of drug-likeness (QED) is 0.0261. The first-order valence-electron chi connectivity index (χ1n) is 31.1. The number of hydrogen-bond acceptors (Lipinski definition) is 6. The molecule has 0 saturated heterocycles. The minimum atomic E-state index is -0.799. The molecule has 0 unspecified atom stereocenters. The molecule has 71 heavy (non-hydrogen) atoms. The highest BCUT2D eigenvalue weighted by molar-refractivity contribution is 5.71. The molecule has 0 aromatic heterocycles. The Kier molecular flexibility index (Phi) is 57.7. The number of carbonyl (C=O) groups is 3. The van der Waals surface area contributed by atoms with Crippen LogP contribution in [0.2, 0.25) is 0 Å². The Balaban J connectivity index is 4.40. The van der Waals surface area contributed by atoms with E-state index in [1.165, 1.54) is 225 Å². The van der Waals surface area contributed by atoms with Crippen LogP contribution < -0.4 is 0 Å². The summed E-state index contributed by atoms with van der Waals surface area (Å²) in [5.74, 6) is -0.926. The summed E-state index contributed by atoms with van der Waals surface area (Å²) < 4.78 is 16.9. The Morgan fingerprint density at radius 2 is 0.521 bits per heavy atom. The van der Waals surface area contributed by atoms with Crippen molar-refractivity contribution in [1.29, 1.82) is 0 Å². The van der Waals surface area contributed by atoms with Gasteiger partial charge in [0.15, 0.2) is 6.10 Å². The van der Waals surface area contributed by atoms with E-state index in [4.69, 9.17) is 14.2 Å². The van der Waals surface area contributed by atoms with Crippen LogP contribution in [0, 0.1) is 0 Å². The summed E-state index contributed by atoms with van der Waals surface area (Å²) in [5.41, 5.74) is 0. The Bertz CT molecular complexity index is 1230. The zero-order chi connectivity index (χ0) is 51.4. The van der Waals surface area contributed by atoms with Gasteiger partial charge in [0.05, 0.1) is 0 Å². The molecule has 0 heterocycles. The fourth-order valence-electron chi connectivity index (χ4n) is 9.10. The van der Waals surface area contributed by atoms with E-state index in [2.05, 4.69) is 69.4 Å². The molecule has 0 aromatic rings. The van der Waals surface area contributed by atoms with Gasteiger partial charge in [-0.25, -0.2) is 0 Å². The van der Waals surface area contributed by atoms with Crippen molar-refractivity contribution in [3.63, 3.8) is 0 Å². The van der Waals surface area contributed by atoms with Crippen molar-refractivity contribution in [3.05, 3.63) is 48.6 Å². The maximum atomic E-state index is 12.9. The van der Waals surface area contributed by atoms with E-state index < -0.39 is 6.10 Å². The molecule has 0 radical (unpaired) electrons. The van der Waals surface area contributed by atoms with Crippen LogP contribution in [-0.4, -0.2) is 37.2 Å². The molecule has 0 saturated carbocycles. The third kappa shape index (κ3) is 58.1. The fraction of sp³-hybridized carbons (Fsp3) is 0.831. The van der Waals surface area contributed by atoms with Gasteiger partial charge in [0.2, 0.25) is 0 Å². The lowest BCUT2D eigenvalue weighted by atomic mass is 10.0. The molecule has 0 aliphatic heterocycles. The predicted molar refractivity (Wildman–Crippen MR) is 307 cm³/mol. The number of ether oxygens (including phenoxy) is 3. The van der Waals surface area contributed by atoms with Crippen LogP contribution in [0.3, 0.4) is 0 Å². The van der Waals surface area contributed by atoms with Crippen LogP contribution >= 0.6 is 0 Å². The standard InChI is InChI=1S/C65H118O6/c1-4-7-10-13-16-19-22-25-28-31-32-35-37-40-43-46-49-52-55-58-64(67)70-61-62(71-65(68)59-56-53-50-47-44-41-38-34-30-27-24-21-18-15-12-9-6-3)60-69-63(66)57-54-51-48-45-42-39-36-33-29-26-23-20-17-14-11-8-5-2/h25,27-28,30,38,41,47,50,62H,4-24,26,29,31-37,39-40,42-46,48-49,51-61H2,1-3H3/b28-25-,30-27-,41-38-,50-47-/t62-/m0/s1. The van der Waals surface area contributed by atoms with Crippen molar-refractivity contribution in [2.75, 3.05) is 13.2 Å². The predicted octanol–water partition coefficient (Wildman–Crippen LogP) is 21.0. The highest BCUT2D eigenvalue weighted by Gasteiger charge is 2.19. The van der Waals surface area contributed by atoms with E-state index in [0.717, 1.165) is 57.8 Å². The molecular formula is C65H118O6. The van der Waals surface area contributed by atoms with Crippen molar-refractivity contribution in [3.8, 4) is 0 Å². The highest BCUT2D eigenvalue weighted by Crippen LogP contribution is 2.17. The fourth-order valence-corrected chi connectivity index (χ4v) is 9.10. The lowest BCUT2D eigenvalue weighted by Crippen LogP contribution is -2.30. The van der Waals surface area contributed by atoms with Crippen molar-refractivity contribution in [2.45, 2.75) is 335 Å². The van der Waals surface area contributed by atoms with Gasteiger partial charge in [0.25, 0.3) is 0 Å². The summed E-state index contributed by atoms with van der Waals surface area (Å²) >= 11 is 0. The van der Waals surface area contributed by atoms with Gasteiger partial charge in [0, 0.05) is 19.3 Å². The third-order valence-corrected chi connectivity index (χ3v) is 13.8. The Labute approximate surface area is 441 Å². The van der Waals surface area contributed by atoms with Crippen molar-refractivity contribution < 1.29 is 28.6 Å². The molecule has 0 bridgehead atoms. The van der Waals surface area contributed by atoms with E-state index in [9.17, 15) is 14.4 Å². The lowest BCUT2D eigenvalue weighted by molar-refractivity contribution is -0.167. The maximum Gasteiger partial charge on any atom is 0.306 e. The van der Waals surface area contributed by atoms with Gasteiger partial charge in [-0.1, -0.05) is 281 Å². The Morgan fingerprint density at radius 1 is 0.282 bits per heavy atom. The van der Waals surface area contributed by atoms with Gasteiger partial charge >= 0.3 is 17.9 Å². The van der Waals surface area contributed by atoms with Crippen LogP contribution in [0.4, 0.5) is 0 Å². The summed E-state index contributed by atoms with van der Waals surface area (Å²) in [5, 5.41) is 0. The number of esters is 3. The van der Waals surface area contributed by atoms with Crippen molar-refractivity contribution in [2.24, 2.45) is 0 Å². The number of hydrogen-bond donors (Lipinski definition) is 0. The molecule has 0 fully saturated rings. The zero-order valence-electron chi connectivity index (χ0n) is 47.5. The molecule has 0 aliphatic carbocycles. The number of allylic oxidation sites excluding steroid dienone is 8. The third-order valence-electron chi connectivity index (χ3n) is 13.8. The van der Waals surface area contributed by atoms with Gasteiger partial charge in [-0.05, 0) is 77.0 Å². The first kappa shape index (κ1) is 68.4. The van der Waals surface area contributed by atoms with E-state index in [0.29, 0.717) is 19.3 Å². The Morgan fingerprint density at radius 3 is 0.845 bits per heavy atom. The van der Waals surface area contributed by atoms with Crippen LogP contribution in [0.1, 0.15) is 329 Å².